The SMILES string of the molecule is Cc1cc(C#N)ccc1C(=O)N(C)CC(C)(C)CN(C)C. The van der Waals surface area contributed by atoms with Gasteiger partial charge in [0, 0.05) is 25.7 Å². The van der Waals surface area contributed by atoms with Gasteiger partial charge in [0.2, 0.25) is 0 Å². The van der Waals surface area contributed by atoms with E-state index < -0.39 is 0 Å². The van der Waals surface area contributed by atoms with Crippen LogP contribution in [0.15, 0.2) is 18.2 Å². The quantitative estimate of drug-likeness (QED) is 0.836. The second kappa shape index (κ2) is 6.73. The Bertz CT molecular complexity index is 556. The zero-order valence-corrected chi connectivity index (χ0v) is 13.9. The second-order valence-corrected chi connectivity index (χ2v) is 6.70. The Hall–Kier alpha value is -1.86. The summed E-state index contributed by atoms with van der Waals surface area (Å²) in [5.74, 6) is 0.00354. The first-order valence-electron chi connectivity index (χ1n) is 7.07. The van der Waals surface area contributed by atoms with E-state index in [2.05, 4.69) is 24.8 Å². The van der Waals surface area contributed by atoms with Crippen molar-refractivity contribution in [1.29, 1.82) is 5.26 Å². The van der Waals surface area contributed by atoms with E-state index in [9.17, 15) is 4.79 Å². The summed E-state index contributed by atoms with van der Waals surface area (Å²) in [5.41, 5.74) is 2.11. The van der Waals surface area contributed by atoms with Gasteiger partial charge in [-0.05, 0) is 50.2 Å². The van der Waals surface area contributed by atoms with Crippen LogP contribution in [0.25, 0.3) is 0 Å². The zero-order chi connectivity index (χ0) is 16.2. The Morgan fingerprint density at radius 2 is 1.86 bits per heavy atom. The number of aryl methyl sites for hydroxylation is 1. The number of hydrogen-bond donors (Lipinski definition) is 0. The van der Waals surface area contributed by atoms with E-state index in [0.29, 0.717) is 17.7 Å². The van der Waals surface area contributed by atoms with Crippen molar-refractivity contribution in [3.05, 3.63) is 34.9 Å². The summed E-state index contributed by atoms with van der Waals surface area (Å²) in [5, 5.41) is 8.89. The van der Waals surface area contributed by atoms with E-state index in [1.165, 1.54) is 0 Å². The topological polar surface area (TPSA) is 47.3 Å². The maximum atomic E-state index is 12.6. The molecule has 1 aromatic rings. The first kappa shape index (κ1) is 17.2. The van der Waals surface area contributed by atoms with E-state index in [0.717, 1.165) is 12.1 Å². The Labute approximate surface area is 128 Å². The molecule has 114 valence electrons. The van der Waals surface area contributed by atoms with Gasteiger partial charge in [0.1, 0.15) is 0 Å². The minimum atomic E-state index is 0.00354. The molecule has 21 heavy (non-hydrogen) atoms. The van der Waals surface area contributed by atoms with Crippen molar-refractivity contribution in [1.82, 2.24) is 9.80 Å². The lowest BCUT2D eigenvalue weighted by atomic mass is 9.92. The number of nitriles is 1. The Balaban J connectivity index is 2.86. The summed E-state index contributed by atoms with van der Waals surface area (Å²) in [7, 11) is 5.90. The van der Waals surface area contributed by atoms with Crippen molar-refractivity contribution < 1.29 is 4.79 Å². The normalized spacial score (nSPS) is 11.3. The Morgan fingerprint density at radius 3 is 2.33 bits per heavy atom. The van der Waals surface area contributed by atoms with Crippen LogP contribution in [0.3, 0.4) is 0 Å². The van der Waals surface area contributed by atoms with Crippen molar-refractivity contribution in [3.8, 4) is 6.07 Å². The fraction of sp³-hybridized carbons (Fsp3) is 0.529. The standard InChI is InChI=1S/C17H25N3O/c1-13-9-14(10-18)7-8-15(13)16(21)20(6)12-17(2,3)11-19(4)5/h7-9H,11-12H2,1-6H3. The molecule has 0 aromatic heterocycles. The summed E-state index contributed by atoms with van der Waals surface area (Å²) in [4.78, 5) is 16.5. The summed E-state index contributed by atoms with van der Waals surface area (Å²) >= 11 is 0. The van der Waals surface area contributed by atoms with Crippen LogP contribution in [0.2, 0.25) is 0 Å². The molecule has 0 aliphatic heterocycles. The smallest absolute Gasteiger partial charge is 0.253 e. The summed E-state index contributed by atoms with van der Waals surface area (Å²) in [6.45, 7) is 7.78. The van der Waals surface area contributed by atoms with Gasteiger partial charge < -0.3 is 9.80 Å². The number of benzene rings is 1. The van der Waals surface area contributed by atoms with Gasteiger partial charge in [-0.1, -0.05) is 13.8 Å². The number of carbonyl (C=O) groups excluding carboxylic acids is 1. The molecule has 4 heteroatoms. The molecule has 0 bridgehead atoms. The lowest BCUT2D eigenvalue weighted by Gasteiger charge is -2.33. The molecule has 0 aliphatic rings. The molecule has 0 aliphatic carbocycles. The van der Waals surface area contributed by atoms with Gasteiger partial charge in [0.15, 0.2) is 0 Å². The molecule has 0 spiro atoms. The first-order valence-corrected chi connectivity index (χ1v) is 7.07. The van der Waals surface area contributed by atoms with Crippen LogP contribution < -0.4 is 0 Å². The molecule has 0 heterocycles. The van der Waals surface area contributed by atoms with E-state index >= 15 is 0 Å². The molecular formula is C17H25N3O. The third kappa shape index (κ3) is 4.87. The van der Waals surface area contributed by atoms with Gasteiger partial charge in [0.25, 0.3) is 5.91 Å². The van der Waals surface area contributed by atoms with Gasteiger partial charge in [-0.15, -0.1) is 0 Å². The van der Waals surface area contributed by atoms with Crippen LogP contribution in [0.1, 0.15) is 35.3 Å². The Morgan fingerprint density at radius 1 is 1.24 bits per heavy atom. The molecule has 0 saturated heterocycles. The highest BCUT2D eigenvalue weighted by Crippen LogP contribution is 2.20. The molecule has 1 rings (SSSR count). The average molecular weight is 287 g/mol. The van der Waals surface area contributed by atoms with Gasteiger partial charge in [0.05, 0.1) is 11.6 Å². The molecule has 0 radical (unpaired) electrons. The van der Waals surface area contributed by atoms with Crippen molar-refractivity contribution in [2.75, 3.05) is 34.2 Å². The fourth-order valence-corrected chi connectivity index (χ4v) is 2.80. The average Bonchev–Trinajstić information content (AvgIpc) is 2.35. The summed E-state index contributed by atoms with van der Waals surface area (Å²) < 4.78 is 0. The third-order valence-corrected chi connectivity index (χ3v) is 3.34. The predicted octanol–water partition coefficient (Wildman–Crippen LogP) is 2.53. The van der Waals surface area contributed by atoms with E-state index in [-0.39, 0.29) is 11.3 Å². The molecule has 1 aromatic carbocycles. The van der Waals surface area contributed by atoms with Crippen LogP contribution in [0.4, 0.5) is 0 Å². The zero-order valence-electron chi connectivity index (χ0n) is 13.9. The predicted molar refractivity (Wildman–Crippen MR) is 85.2 cm³/mol. The fourth-order valence-electron chi connectivity index (χ4n) is 2.80. The van der Waals surface area contributed by atoms with Gasteiger partial charge in [-0.3, -0.25) is 4.79 Å². The highest BCUT2D eigenvalue weighted by atomic mass is 16.2. The summed E-state index contributed by atoms with van der Waals surface area (Å²) in [6, 6.07) is 7.28. The van der Waals surface area contributed by atoms with Crippen LogP contribution in [-0.4, -0.2) is 49.9 Å². The highest BCUT2D eigenvalue weighted by molar-refractivity contribution is 5.95. The molecule has 0 unspecified atom stereocenters. The number of carbonyl (C=O) groups is 1. The number of rotatable bonds is 5. The van der Waals surface area contributed by atoms with E-state index in [4.69, 9.17) is 5.26 Å². The maximum Gasteiger partial charge on any atom is 0.253 e. The van der Waals surface area contributed by atoms with Crippen molar-refractivity contribution in [2.45, 2.75) is 20.8 Å². The molecule has 0 saturated carbocycles. The van der Waals surface area contributed by atoms with Crippen molar-refractivity contribution >= 4 is 5.91 Å². The summed E-state index contributed by atoms with van der Waals surface area (Å²) in [6.07, 6.45) is 0. The van der Waals surface area contributed by atoms with E-state index in [1.54, 1.807) is 23.1 Å². The van der Waals surface area contributed by atoms with E-state index in [1.807, 2.05) is 28.1 Å². The number of hydrogen-bond acceptors (Lipinski definition) is 3. The molecule has 1 amide bonds. The maximum absolute atomic E-state index is 12.6. The largest absolute Gasteiger partial charge is 0.341 e. The number of nitrogens with zero attached hydrogens (tertiary/aromatic N) is 3. The molecule has 0 atom stereocenters. The molecular weight excluding hydrogens is 262 g/mol. The van der Waals surface area contributed by atoms with Crippen molar-refractivity contribution in [3.63, 3.8) is 0 Å². The van der Waals surface area contributed by atoms with Gasteiger partial charge >= 0.3 is 0 Å². The van der Waals surface area contributed by atoms with Gasteiger partial charge in [-0.2, -0.15) is 5.26 Å². The molecule has 0 fully saturated rings. The minimum Gasteiger partial charge on any atom is -0.341 e. The Kier molecular flexibility index (Phi) is 5.51. The van der Waals surface area contributed by atoms with Crippen molar-refractivity contribution in [2.24, 2.45) is 5.41 Å². The molecule has 0 N–H and O–H groups in total. The number of amides is 1. The van der Waals surface area contributed by atoms with Crippen LogP contribution in [-0.2, 0) is 0 Å². The lowest BCUT2D eigenvalue weighted by molar-refractivity contribution is 0.0713. The second-order valence-electron chi connectivity index (χ2n) is 6.70. The van der Waals surface area contributed by atoms with Crippen LogP contribution >= 0.6 is 0 Å². The first-order chi connectivity index (χ1) is 9.66. The lowest BCUT2D eigenvalue weighted by Crippen LogP contribution is -2.41. The highest BCUT2D eigenvalue weighted by Gasteiger charge is 2.24. The molecule has 4 nitrogen and oxygen atoms in total. The monoisotopic (exact) mass is 287 g/mol. The van der Waals surface area contributed by atoms with Crippen LogP contribution in [0.5, 0.6) is 0 Å². The minimum absolute atomic E-state index is 0.00354. The van der Waals surface area contributed by atoms with Gasteiger partial charge in [-0.25, -0.2) is 0 Å². The third-order valence-electron chi connectivity index (χ3n) is 3.34. The van der Waals surface area contributed by atoms with Crippen LogP contribution in [0, 0.1) is 23.7 Å².